The molecule has 0 aliphatic carbocycles. The zero-order valence-electron chi connectivity index (χ0n) is 17.2. The van der Waals surface area contributed by atoms with Crippen molar-refractivity contribution in [2.24, 2.45) is 0 Å². The molecule has 1 saturated heterocycles. The average Bonchev–Trinajstić information content (AvgIpc) is 2.72. The first-order valence-corrected chi connectivity index (χ1v) is 10.8. The summed E-state index contributed by atoms with van der Waals surface area (Å²) in [6, 6.07) is 5.51. The Morgan fingerprint density at radius 3 is 2.45 bits per heavy atom. The lowest BCUT2D eigenvalue weighted by Gasteiger charge is -2.30. The Bertz CT molecular complexity index is 949. The number of hydrogen-bond acceptors (Lipinski definition) is 3. The molecule has 2 aromatic rings. The predicted molar refractivity (Wildman–Crippen MR) is 115 cm³/mol. The van der Waals surface area contributed by atoms with E-state index in [0.717, 1.165) is 32.0 Å². The van der Waals surface area contributed by atoms with Gasteiger partial charge in [0.25, 0.3) is 12.3 Å². The molecule has 4 nitrogen and oxygen atoms in total. The van der Waals surface area contributed by atoms with Crippen LogP contribution >= 0.6 is 15.9 Å². The lowest BCUT2D eigenvalue weighted by Crippen LogP contribution is -2.37. The number of likely N-dealkylation sites (tertiary alicyclic amines) is 1. The summed E-state index contributed by atoms with van der Waals surface area (Å²) in [7, 11) is 2.03. The summed E-state index contributed by atoms with van der Waals surface area (Å²) in [5.41, 5.74) is -0.240. The lowest BCUT2D eigenvalue weighted by molar-refractivity contribution is 0.0940. The standard InChI is InChI=1S/C22H24BrF4N3O/c1-12(14-4-3-5-15(20(14)25)21(26)27)28-22(31)16-10-17(23)18(24)11-19(16)29-13-6-8-30(2)9-7-13/h3-5,10-13,21,29H,6-9H2,1-2H3,(H,28,31)/t12-/m1/s1. The van der Waals surface area contributed by atoms with Crippen LogP contribution in [0, 0.1) is 11.6 Å². The second-order valence-corrected chi connectivity index (χ2v) is 8.63. The second-order valence-electron chi connectivity index (χ2n) is 7.78. The number of halogens is 5. The molecule has 2 aromatic carbocycles. The number of carbonyl (C=O) groups is 1. The molecule has 168 valence electrons. The molecular weight excluding hydrogens is 478 g/mol. The van der Waals surface area contributed by atoms with Crippen molar-refractivity contribution in [1.82, 2.24) is 10.2 Å². The fraction of sp³-hybridized carbons (Fsp3) is 0.409. The van der Waals surface area contributed by atoms with E-state index in [9.17, 15) is 22.4 Å². The molecule has 1 aliphatic rings. The molecule has 3 rings (SSSR count). The quantitative estimate of drug-likeness (QED) is 0.501. The Kier molecular flexibility index (Phi) is 7.59. The highest BCUT2D eigenvalue weighted by Gasteiger charge is 2.24. The van der Waals surface area contributed by atoms with Gasteiger partial charge in [0.05, 0.1) is 27.3 Å². The van der Waals surface area contributed by atoms with Gasteiger partial charge >= 0.3 is 0 Å². The predicted octanol–water partition coefficient (Wildman–Crippen LogP) is 5.66. The Hall–Kier alpha value is -2.13. The van der Waals surface area contributed by atoms with Crippen LogP contribution in [0.4, 0.5) is 23.2 Å². The lowest BCUT2D eigenvalue weighted by atomic mass is 10.0. The number of rotatable bonds is 6. The van der Waals surface area contributed by atoms with Crippen molar-refractivity contribution in [3.05, 3.63) is 63.1 Å². The molecule has 2 N–H and O–H groups in total. The van der Waals surface area contributed by atoms with E-state index in [1.54, 1.807) is 0 Å². The number of piperidine rings is 1. The van der Waals surface area contributed by atoms with Crippen molar-refractivity contribution in [1.29, 1.82) is 0 Å². The van der Waals surface area contributed by atoms with Crippen LogP contribution < -0.4 is 10.6 Å². The monoisotopic (exact) mass is 501 g/mol. The molecule has 9 heteroatoms. The third-order valence-corrected chi connectivity index (χ3v) is 6.10. The fourth-order valence-corrected chi connectivity index (χ4v) is 3.99. The number of hydrogen-bond donors (Lipinski definition) is 2. The molecule has 0 aromatic heterocycles. The van der Waals surface area contributed by atoms with Crippen molar-refractivity contribution >= 4 is 27.5 Å². The van der Waals surface area contributed by atoms with Gasteiger partial charge in [-0.2, -0.15) is 0 Å². The van der Waals surface area contributed by atoms with Crippen LogP contribution in [0.15, 0.2) is 34.8 Å². The van der Waals surface area contributed by atoms with Crippen LogP contribution in [0.5, 0.6) is 0 Å². The maximum Gasteiger partial charge on any atom is 0.266 e. The number of nitrogens with one attached hydrogen (secondary N) is 2. The average molecular weight is 502 g/mol. The van der Waals surface area contributed by atoms with Crippen LogP contribution in [0.1, 0.15) is 53.7 Å². The van der Waals surface area contributed by atoms with Crippen LogP contribution in [0.3, 0.4) is 0 Å². The largest absolute Gasteiger partial charge is 0.381 e. The summed E-state index contributed by atoms with van der Waals surface area (Å²) in [5.74, 6) is -2.13. The third kappa shape index (κ3) is 5.57. The van der Waals surface area contributed by atoms with E-state index in [4.69, 9.17) is 0 Å². The van der Waals surface area contributed by atoms with Gasteiger partial charge in [-0.15, -0.1) is 0 Å². The summed E-state index contributed by atoms with van der Waals surface area (Å²) < 4.78 is 54.8. The molecule has 31 heavy (non-hydrogen) atoms. The van der Waals surface area contributed by atoms with Gasteiger partial charge in [-0.3, -0.25) is 4.79 Å². The molecule has 0 saturated carbocycles. The first-order chi connectivity index (χ1) is 14.7. The Balaban J connectivity index is 1.82. The highest BCUT2D eigenvalue weighted by Crippen LogP contribution is 2.29. The van der Waals surface area contributed by atoms with Crippen LogP contribution in [0.2, 0.25) is 0 Å². The van der Waals surface area contributed by atoms with E-state index < -0.39 is 35.6 Å². The van der Waals surface area contributed by atoms with Gasteiger partial charge in [-0.1, -0.05) is 18.2 Å². The molecule has 0 radical (unpaired) electrons. The van der Waals surface area contributed by atoms with Crippen molar-refractivity contribution in [3.63, 3.8) is 0 Å². The molecular formula is C22H24BrF4N3O. The SMILES string of the molecule is C[C@@H](NC(=O)c1cc(Br)c(F)cc1NC1CCN(C)CC1)c1cccc(C(F)F)c1F. The van der Waals surface area contributed by atoms with Gasteiger partial charge in [0.1, 0.15) is 11.6 Å². The molecule has 1 amide bonds. The van der Waals surface area contributed by atoms with Crippen molar-refractivity contribution < 1.29 is 22.4 Å². The number of alkyl halides is 2. The molecule has 0 bridgehead atoms. The first kappa shape index (κ1) is 23.5. The van der Waals surface area contributed by atoms with Crippen LogP contribution in [0.25, 0.3) is 0 Å². The fourth-order valence-electron chi connectivity index (χ4n) is 3.65. The van der Waals surface area contributed by atoms with E-state index >= 15 is 0 Å². The molecule has 0 unspecified atom stereocenters. The minimum Gasteiger partial charge on any atom is -0.381 e. The molecule has 1 atom stereocenters. The molecule has 0 spiro atoms. The summed E-state index contributed by atoms with van der Waals surface area (Å²) in [6.07, 6.45) is -1.27. The maximum absolute atomic E-state index is 14.5. The molecule has 1 aliphatic heterocycles. The number of nitrogens with zero attached hydrogens (tertiary/aromatic N) is 1. The summed E-state index contributed by atoms with van der Waals surface area (Å²) in [6.45, 7) is 3.28. The van der Waals surface area contributed by atoms with Gasteiger partial charge < -0.3 is 15.5 Å². The zero-order chi connectivity index (χ0) is 22.7. The number of anilines is 1. The third-order valence-electron chi connectivity index (χ3n) is 5.49. The highest BCUT2D eigenvalue weighted by atomic mass is 79.9. The van der Waals surface area contributed by atoms with Crippen LogP contribution in [-0.2, 0) is 0 Å². The second kappa shape index (κ2) is 9.99. The summed E-state index contributed by atoms with van der Waals surface area (Å²) in [4.78, 5) is 15.2. The first-order valence-electron chi connectivity index (χ1n) is 9.98. The van der Waals surface area contributed by atoms with Crippen molar-refractivity contribution in [3.8, 4) is 0 Å². The Labute approximate surface area is 187 Å². The Morgan fingerprint density at radius 2 is 1.81 bits per heavy atom. The van der Waals surface area contributed by atoms with E-state index in [2.05, 4.69) is 31.5 Å². The zero-order valence-corrected chi connectivity index (χ0v) is 18.8. The Morgan fingerprint density at radius 1 is 1.16 bits per heavy atom. The van der Waals surface area contributed by atoms with E-state index in [1.807, 2.05) is 7.05 Å². The summed E-state index contributed by atoms with van der Waals surface area (Å²) >= 11 is 3.10. The number of amides is 1. The van der Waals surface area contributed by atoms with Gasteiger partial charge in [-0.25, -0.2) is 17.6 Å². The van der Waals surface area contributed by atoms with Crippen molar-refractivity contribution in [2.45, 2.75) is 38.3 Å². The molecule has 1 heterocycles. The highest BCUT2D eigenvalue weighted by molar-refractivity contribution is 9.10. The van der Waals surface area contributed by atoms with E-state index in [1.165, 1.54) is 31.2 Å². The van der Waals surface area contributed by atoms with Gasteiger partial charge in [-0.05, 0) is 68.0 Å². The van der Waals surface area contributed by atoms with Gasteiger partial charge in [0.2, 0.25) is 0 Å². The van der Waals surface area contributed by atoms with Gasteiger partial charge in [0, 0.05) is 11.6 Å². The molecule has 1 fully saturated rings. The minimum atomic E-state index is -2.96. The van der Waals surface area contributed by atoms with Crippen molar-refractivity contribution in [2.75, 3.05) is 25.5 Å². The number of benzene rings is 2. The topological polar surface area (TPSA) is 44.4 Å². The smallest absolute Gasteiger partial charge is 0.266 e. The van der Waals surface area contributed by atoms with E-state index in [0.29, 0.717) is 5.69 Å². The van der Waals surface area contributed by atoms with Crippen LogP contribution in [-0.4, -0.2) is 37.0 Å². The van der Waals surface area contributed by atoms with E-state index in [-0.39, 0.29) is 21.6 Å². The maximum atomic E-state index is 14.5. The summed E-state index contributed by atoms with van der Waals surface area (Å²) in [5, 5.41) is 5.88. The minimum absolute atomic E-state index is 0.0443. The number of carbonyl (C=O) groups excluding carboxylic acids is 1. The van der Waals surface area contributed by atoms with Gasteiger partial charge in [0.15, 0.2) is 0 Å². The normalized spacial score (nSPS) is 16.4.